The number of unbranched alkanes of at least 4 members (excludes halogenated alkanes) is 21. The zero-order chi connectivity index (χ0) is 37.4. The molecular weight excluding hydrogens is 652 g/mol. The number of allylic oxidation sites excluding steroid dienone is 2. The average Bonchev–Trinajstić information content (AvgIpc) is 3.13. The van der Waals surface area contributed by atoms with Gasteiger partial charge in [-0.1, -0.05) is 148 Å². The summed E-state index contributed by atoms with van der Waals surface area (Å²) in [6.45, 7) is 3.38. The molecule has 0 radical (unpaired) electrons. The van der Waals surface area contributed by atoms with Crippen LogP contribution in [0, 0.1) is 0 Å². The van der Waals surface area contributed by atoms with E-state index in [0.717, 1.165) is 38.5 Å². The molecule has 1 rings (SSSR count). The molecule has 1 aliphatic heterocycles. The van der Waals surface area contributed by atoms with Crippen LogP contribution in [0.1, 0.15) is 181 Å². The first-order chi connectivity index (χ1) is 24.8. The molecule has 0 amide bonds. The molecule has 2 unspecified atom stereocenters. The zero-order valence-electron chi connectivity index (χ0n) is 32.4. The second-order valence-electron chi connectivity index (χ2n) is 14.4. The van der Waals surface area contributed by atoms with Gasteiger partial charge in [0.15, 0.2) is 12.4 Å². The molecule has 6 atom stereocenters. The van der Waals surface area contributed by atoms with E-state index in [0.29, 0.717) is 6.42 Å². The Bertz CT molecular complexity index is 850. The number of carbonyl (C=O) groups is 2. The summed E-state index contributed by atoms with van der Waals surface area (Å²) in [6, 6.07) is 0. The van der Waals surface area contributed by atoms with Crippen molar-refractivity contribution in [3.05, 3.63) is 12.2 Å². The number of ether oxygens (including phenoxy) is 4. The number of rotatable bonds is 34. The molecule has 0 aromatic heterocycles. The van der Waals surface area contributed by atoms with Gasteiger partial charge in [0.05, 0.1) is 13.2 Å². The number of hydrogen-bond donors (Lipinski definition) is 4. The molecule has 51 heavy (non-hydrogen) atoms. The highest BCUT2D eigenvalue weighted by Crippen LogP contribution is 2.22. The predicted molar refractivity (Wildman–Crippen MR) is 201 cm³/mol. The number of esters is 2. The van der Waals surface area contributed by atoms with Crippen LogP contribution in [-0.2, 0) is 28.5 Å². The lowest BCUT2D eigenvalue weighted by atomic mass is 9.99. The molecule has 0 spiro atoms. The topological polar surface area (TPSA) is 152 Å². The molecule has 0 aromatic carbocycles. The second-order valence-corrected chi connectivity index (χ2v) is 14.4. The molecule has 0 bridgehead atoms. The SMILES string of the molecule is CCCC/C=C/CCCCCCCCCCCC(=O)OC[C@@H](CO[C@H]1O[C@@H](CO)[C@@H](O)C(O)C1O)OC(=O)CCCCCCCCCCCCC. The van der Waals surface area contributed by atoms with Crippen LogP contribution >= 0.6 is 0 Å². The summed E-state index contributed by atoms with van der Waals surface area (Å²) in [6.07, 6.45) is 25.0. The van der Waals surface area contributed by atoms with Crippen LogP contribution in [0.5, 0.6) is 0 Å². The molecule has 1 saturated heterocycles. The maximum Gasteiger partial charge on any atom is 0.306 e. The molecule has 4 N–H and O–H groups in total. The van der Waals surface area contributed by atoms with E-state index in [1.54, 1.807) is 0 Å². The zero-order valence-corrected chi connectivity index (χ0v) is 32.4. The van der Waals surface area contributed by atoms with E-state index in [4.69, 9.17) is 18.9 Å². The molecule has 0 aliphatic carbocycles. The van der Waals surface area contributed by atoms with E-state index in [1.165, 1.54) is 109 Å². The molecular formula is C41H76O10. The average molecular weight is 729 g/mol. The van der Waals surface area contributed by atoms with E-state index in [-0.39, 0.29) is 32.0 Å². The normalized spacial score (nSPS) is 21.3. The summed E-state index contributed by atoms with van der Waals surface area (Å²) in [4.78, 5) is 25.2. The third-order valence-electron chi connectivity index (χ3n) is 9.65. The quantitative estimate of drug-likeness (QED) is 0.0291. The van der Waals surface area contributed by atoms with Gasteiger partial charge >= 0.3 is 11.9 Å². The van der Waals surface area contributed by atoms with E-state index in [2.05, 4.69) is 26.0 Å². The van der Waals surface area contributed by atoms with Gasteiger partial charge in [-0.05, 0) is 32.1 Å². The first-order valence-corrected chi connectivity index (χ1v) is 20.8. The minimum Gasteiger partial charge on any atom is -0.462 e. The predicted octanol–water partition coefficient (Wildman–Crippen LogP) is 8.00. The van der Waals surface area contributed by atoms with Gasteiger partial charge in [0.2, 0.25) is 0 Å². The molecule has 0 aromatic rings. The van der Waals surface area contributed by atoms with Gasteiger partial charge in [-0.3, -0.25) is 9.59 Å². The van der Waals surface area contributed by atoms with Crippen LogP contribution in [0.2, 0.25) is 0 Å². The van der Waals surface area contributed by atoms with Crippen molar-refractivity contribution in [3.8, 4) is 0 Å². The molecule has 0 saturated carbocycles. The van der Waals surface area contributed by atoms with Crippen LogP contribution < -0.4 is 0 Å². The maximum absolute atomic E-state index is 12.7. The summed E-state index contributed by atoms with van der Waals surface area (Å²) in [7, 11) is 0. The van der Waals surface area contributed by atoms with Crippen molar-refractivity contribution >= 4 is 11.9 Å². The first kappa shape index (κ1) is 47.5. The number of carbonyl (C=O) groups excluding carboxylic acids is 2. The minimum absolute atomic E-state index is 0.214. The van der Waals surface area contributed by atoms with Crippen molar-refractivity contribution in [2.75, 3.05) is 19.8 Å². The molecule has 1 fully saturated rings. The third kappa shape index (κ3) is 25.2. The van der Waals surface area contributed by atoms with E-state index in [9.17, 15) is 30.0 Å². The molecule has 1 aliphatic rings. The lowest BCUT2D eigenvalue weighted by molar-refractivity contribution is -0.305. The van der Waals surface area contributed by atoms with Gasteiger partial charge in [-0.25, -0.2) is 0 Å². The van der Waals surface area contributed by atoms with Gasteiger partial charge in [0, 0.05) is 12.8 Å². The maximum atomic E-state index is 12.7. The Morgan fingerprint density at radius 1 is 0.588 bits per heavy atom. The highest BCUT2D eigenvalue weighted by Gasteiger charge is 2.44. The molecule has 10 nitrogen and oxygen atoms in total. The Morgan fingerprint density at radius 2 is 1.06 bits per heavy atom. The lowest BCUT2D eigenvalue weighted by Gasteiger charge is -2.39. The van der Waals surface area contributed by atoms with Gasteiger partial charge < -0.3 is 39.4 Å². The Labute approximate surface area is 310 Å². The Kier molecular flexibility index (Phi) is 30.7. The van der Waals surface area contributed by atoms with E-state index >= 15 is 0 Å². The van der Waals surface area contributed by atoms with Crippen LogP contribution in [0.3, 0.4) is 0 Å². The van der Waals surface area contributed by atoms with Crippen molar-refractivity contribution in [1.29, 1.82) is 0 Å². The van der Waals surface area contributed by atoms with Crippen molar-refractivity contribution in [1.82, 2.24) is 0 Å². The van der Waals surface area contributed by atoms with Crippen LogP contribution in [0.15, 0.2) is 12.2 Å². The van der Waals surface area contributed by atoms with Crippen molar-refractivity contribution in [2.24, 2.45) is 0 Å². The fraction of sp³-hybridized carbons (Fsp3) is 0.902. The fourth-order valence-electron chi connectivity index (χ4n) is 6.29. The molecule has 300 valence electrons. The minimum atomic E-state index is -1.59. The standard InChI is InChI=1S/C41H76O10/c1-3-5-7-9-11-13-15-16-17-18-20-21-23-25-27-29-36(43)48-32-34(33-49-41-40(47)39(46)38(45)35(31-42)51-41)50-37(44)30-28-26-24-22-19-14-12-10-8-6-4-2/h9,11,34-35,38-42,45-47H,3-8,10,12-33H2,1-2H3/b11-9+/t34-,35-,38+,39?,40?,41-/m0/s1. The summed E-state index contributed by atoms with van der Waals surface area (Å²) in [5.74, 6) is -0.804. The Balaban J connectivity index is 2.35. The third-order valence-corrected chi connectivity index (χ3v) is 9.65. The van der Waals surface area contributed by atoms with Gasteiger partial charge in [-0.2, -0.15) is 0 Å². The molecule has 10 heteroatoms. The molecule has 1 heterocycles. The van der Waals surface area contributed by atoms with Crippen LogP contribution in [0.25, 0.3) is 0 Å². The van der Waals surface area contributed by atoms with Crippen LogP contribution in [-0.4, -0.2) is 89.0 Å². The summed E-state index contributed by atoms with van der Waals surface area (Å²) in [5, 5.41) is 39.9. The monoisotopic (exact) mass is 729 g/mol. The second kappa shape index (κ2) is 33.0. The number of hydrogen-bond acceptors (Lipinski definition) is 10. The highest BCUT2D eigenvalue weighted by molar-refractivity contribution is 5.70. The van der Waals surface area contributed by atoms with Crippen LogP contribution in [0.4, 0.5) is 0 Å². The van der Waals surface area contributed by atoms with Crippen molar-refractivity contribution in [3.63, 3.8) is 0 Å². The largest absolute Gasteiger partial charge is 0.462 e. The Hall–Kier alpha value is -1.56. The smallest absolute Gasteiger partial charge is 0.306 e. The number of aliphatic hydroxyl groups excluding tert-OH is 4. The Morgan fingerprint density at radius 3 is 1.59 bits per heavy atom. The first-order valence-electron chi connectivity index (χ1n) is 20.8. The van der Waals surface area contributed by atoms with Crippen molar-refractivity contribution in [2.45, 2.75) is 218 Å². The van der Waals surface area contributed by atoms with Gasteiger partial charge in [0.1, 0.15) is 31.0 Å². The van der Waals surface area contributed by atoms with E-state index < -0.39 is 49.4 Å². The highest BCUT2D eigenvalue weighted by atomic mass is 16.7. The van der Waals surface area contributed by atoms with Crippen molar-refractivity contribution < 1.29 is 49.0 Å². The fourth-order valence-corrected chi connectivity index (χ4v) is 6.29. The summed E-state index contributed by atoms with van der Waals surface area (Å²) < 4.78 is 22.1. The van der Waals surface area contributed by atoms with Gasteiger partial charge in [-0.15, -0.1) is 0 Å². The van der Waals surface area contributed by atoms with Gasteiger partial charge in [0.25, 0.3) is 0 Å². The lowest BCUT2D eigenvalue weighted by Crippen LogP contribution is -2.59. The number of aliphatic hydroxyl groups is 4. The van der Waals surface area contributed by atoms with E-state index in [1.807, 2.05) is 0 Å². The summed E-state index contributed by atoms with van der Waals surface area (Å²) in [5.41, 5.74) is 0. The summed E-state index contributed by atoms with van der Waals surface area (Å²) >= 11 is 0.